The molecule has 4 heteroatoms. The second-order valence-electron chi connectivity index (χ2n) is 3.72. The number of nitrogens with one attached hydrogen (secondary N) is 1. The van der Waals surface area contributed by atoms with Crippen molar-refractivity contribution in [3.63, 3.8) is 0 Å². The molecule has 0 heterocycles. The predicted molar refractivity (Wildman–Crippen MR) is 60.5 cm³/mol. The van der Waals surface area contributed by atoms with Gasteiger partial charge in [0, 0.05) is 6.54 Å². The van der Waals surface area contributed by atoms with Crippen LogP contribution in [-0.4, -0.2) is 17.8 Å². The van der Waals surface area contributed by atoms with Gasteiger partial charge in [-0.3, -0.25) is 0 Å². The topological polar surface area (TPSA) is 56.0 Å². The first-order valence-corrected chi connectivity index (χ1v) is 5.25. The number of benzene rings is 1. The standard InChI is InChI=1S/C12H15FN2O/c1-9(16)3-2-6-15-12-5-4-10(8-14)7-11(12)13/h4-5,7,9,15-16H,2-3,6H2,1H3. The molecule has 0 amide bonds. The molecule has 0 bridgehead atoms. The lowest BCUT2D eigenvalue weighted by Gasteiger charge is -2.08. The lowest BCUT2D eigenvalue weighted by atomic mass is 10.2. The van der Waals surface area contributed by atoms with Crippen LogP contribution >= 0.6 is 0 Å². The van der Waals surface area contributed by atoms with E-state index in [4.69, 9.17) is 10.4 Å². The molecule has 0 saturated heterocycles. The molecule has 0 fully saturated rings. The average Bonchev–Trinajstić information content (AvgIpc) is 2.25. The first-order chi connectivity index (χ1) is 7.63. The van der Waals surface area contributed by atoms with Gasteiger partial charge in [-0.05, 0) is 38.0 Å². The molecule has 0 saturated carbocycles. The summed E-state index contributed by atoms with van der Waals surface area (Å²) in [5.74, 6) is -0.420. The van der Waals surface area contributed by atoms with Gasteiger partial charge < -0.3 is 10.4 Å². The molecule has 2 N–H and O–H groups in total. The van der Waals surface area contributed by atoms with E-state index in [1.165, 1.54) is 6.07 Å². The molecule has 0 radical (unpaired) electrons. The van der Waals surface area contributed by atoms with E-state index in [1.54, 1.807) is 19.1 Å². The Labute approximate surface area is 94.5 Å². The molecule has 1 unspecified atom stereocenters. The normalized spacial score (nSPS) is 11.9. The molecule has 0 spiro atoms. The second-order valence-corrected chi connectivity index (χ2v) is 3.72. The molecule has 1 rings (SSSR count). The van der Waals surface area contributed by atoms with Gasteiger partial charge in [-0.25, -0.2) is 4.39 Å². The van der Waals surface area contributed by atoms with Crippen LogP contribution in [0.25, 0.3) is 0 Å². The van der Waals surface area contributed by atoms with Gasteiger partial charge >= 0.3 is 0 Å². The summed E-state index contributed by atoms with van der Waals surface area (Å²) in [6.07, 6.45) is 1.13. The van der Waals surface area contributed by atoms with Crippen molar-refractivity contribution in [3.8, 4) is 6.07 Å². The van der Waals surface area contributed by atoms with Crippen molar-refractivity contribution in [2.45, 2.75) is 25.9 Å². The zero-order valence-corrected chi connectivity index (χ0v) is 9.20. The van der Waals surface area contributed by atoms with Gasteiger partial charge in [0.1, 0.15) is 5.82 Å². The maximum Gasteiger partial charge on any atom is 0.147 e. The van der Waals surface area contributed by atoms with Crippen molar-refractivity contribution in [3.05, 3.63) is 29.6 Å². The molecule has 86 valence electrons. The summed E-state index contributed by atoms with van der Waals surface area (Å²) in [5, 5.41) is 20.5. The minimum atomic E-state index is -0.420. The Morgan fingerprint density at radius 1 is 1.56 bits per heavy atom. The second kappa shape index (κ2) is 6.09. The fourth-order valence-corrected chi connectivity index (χ4v) is 1.35. The maximum absolute atomic E-state index is 13.4. The Hall–Kier alpha value is -1.60. The first-order valence-electron chi connectivity index (χ1n) is 5.25. The number of aliphatic hydroxyl groups is 1. The summed E-state index contributed by atoms with van der Waals surface area (Å²) in [7, 11) is 0. The first kappa shape index (κ1) is 12.5. The number of nitriles is 1. The van der Waals surface area contributed by atoms with Gasteiger partial charge in [-0.2, -0.15) is 5.26 Å². The van der Waals surface area contributed by atoms with Crippen LogP contribution in [-0.2, 0) is 0 Å². The van der Waals surface area contributed by atoms with Crippen LogP contribution in [0.1, 0.15) is 25.3 Å². The molecule has 1 atom stereocenters. The van der Waals surface area contributed by atoms with Crippen LogP contribution in [0.4, 0.5) is 10.1 Å². The SMILES string of the molecule is CC(O)CCCNc1ccc(C#N)cc1F. The molecule has 0 aliphatic rings. The van der Waals surface area contributed by atoms with Crippen molar-refractivity contribution >= 4 is 5.69 Å². The van der Waals surface area contributed by atoms with Crippen LogP contribution < -0.4 is 5.32 Å². The zero-order chi connectivity index (χ0) is 12.0. The Morgan fingerprint density at radius 3 is 2.88 bits per heavy atom. The monoisotopic (exact) mass is 222 g/mol. The van der Waals surface area contributed by atoms with Gasteiger partial charge in [0.2, 0.25) is 0 Å². The summed E-state index contributed by atoms with van der Waals surface area (Å²) in [6, 6.07) is 6.20. The largest absolute Gasteiger partial charge is 0.393 e. The summed E-state index contributed by atoms with van der Waals surface area (Å²) < 4.78 is 13.4. The van der Waals surface area contributed by atoms with Crippen LogP contribution in [0.3, 0.4) is 0 Å². The van der Waals surface area contributed by atoms with Crippen molar-refractivity contribution < 1.29 is 9.50 Å². The van der Waals surface area contributed by atoms with E-state index < -0.39 is 5.82 Å². The molecular weight excluding hydrogens is 207 g/mol. The molecule has 1 aromatic rings. The number of hydrogen-bond donors (Lipinski definition) is 2. The zero-order valence-electron chi connectivity index (χ0n) is 9.20. The number of aliphatic hydroxyl groups excluding tert-OH is 1. The van der Waals surface area contributed by atoms with Gasteiger partial charge in [0.25, 0.3) is 0 Å². The summed E-state index contributed by atoms with van der Waals surface area (Å²) >= 11 is 0. The Balaban J connectivity index is 2.46. The Bertz CT molecular complexity index is 385. The lowest BCUT2D eigenvalue weighted by Crippen LogP contribution is -2.07. The van der Waals surface area contributed by atoms with E-state index in [0.717, 1.165) is 6.42 Å². The van der Waals surface area contributed by atoms with Crippen LogP contribution in [0.2, 0.25) is 0 Å². The van der Waals surface area contributed by atoms with Crippen molar-refractivity contribution in [2.75, 3.05) is 11.9 Å². The highest BCUT2D eigenvalue weighted by atomic mass is 19.1. The summed E-state index contributed by atoms with van der Waals surface area (Å²) in [6.45, 7) is 2.33. The van der Waals surface area contributed by atoms with Gasteiger partial charge in [-0.1, -0.05) is 0 Å². The number of anilines is 1. The molecule has 0 aliphatic carbocycles. The van der Waals surface area contributed by atoms with Crippen molar-refractivity contribution in [1.29, 1.82) is 5.26 Å². The summed E-state index contributed by atoms with van der Waals surface area (Å²) in [5.41, 5.74) is 0.705. The average molecular weight is 222 g/mol. The smallest absolute Gasteiger partial charge is 0.147 e. The van der Waals surface area contributed by atoms with Gasteiger partial charge in [0.15, 0.2) is 0 Å². The Morgan fingerprint density at radius 2 is 2.31 bits per heavy atom. The highest BCUT2D eigenvalue weighted by Crippen LogP contribution is 2.15. The minimum Gasteiger partial charge on any atom is -0.393 e. The fraction of sp³-hybridized carbons (Fsp3) is 0.417. The summed E-state index contributed by atoms with van der Waals surface area (Å²) in [4.78, 5) is 0. The molecule has 0 aromatic heterocycles. The number of hydrogen-bond acceptors (Lipinski definition) is 3. The van der Waals surface area contributed by atoms with Crippen LogP contribution in [0.15, 0.2) is 18.2 Å². The van der Waals surface area contributed by atoms with Crippen molar-refractivity contribution in [1.82, 2.24) is 0 Å². The maximum atomic E-state index is 13.4. The predicted octanol–water partition coefficient (Wildman–Crippen LogP) is 2.27. The Kier molecular flexibility index (Phi) is 4.74. The van der Waals surface area contributed by atoms with E-state index in [0.29, 0.717) is 24.2 Å². The number of nitrogens with zero attached hydrogens (tertiary/aromatic N) is 1. The molecule has 16 heavy (non-hydrogen) atoms. The lowest BCUT2D eigenvalue weighted by molar-refractivity contribution is 0.183. The van der Waals surface area contributed by atoms with Crippen molar-refractivity contribution in [2.24, 2.45) is 0 Å². The molecular formula is C12H15FN2O. The highest BCUT2D eigenvalue weighted by molar-refractivity contribution is 5.48. The molecule has 0 aliphatic heterocycles. The van der Waals surface area contributed by atoms with Crippen LogP contribution in [0.5, 0.6) is 0 Å². The van der Waals surface area contributed by atoms with E-state index in [1.807, 2.05) is 6.07 Å². The van der Waals surface area contributed by atoms with E-state index in [2.05, 4.69) is 5.32 Å². The third-order valence-corrected chi connectivity index (χ3v) is 2.21. The van der Waals surface area contributed by atoms with E-state index in [9.17, 15) is 4.39 Å². The third-order valence-electron chi connectivity index (χ3n) is 2.21. The van der Waals surface area contributed by atoms with Gasteiger partial charge in [-0.15, -0.1) is 0 Å². The van der Waals surface area contributed by atoms with E-state index in [-0.39, 0.29) is 6.10 Å². The number of halogens is 1. The van der Waals surface area contributed by atoms with Gasteiger partial charge in [0.05, 0.1) is 23.4 Å². The highest BCUT2D eigenvalue weighted by Gasteiger charge is 2.02. The van der Waals surface area contributed by atoms with Crippen LogP contribution in [0, 0.1) is 17.1 Å². The minimum absolute atomic E-state index is 0.312. The molecule has 1 aromatic carbocycles. The fourth-order valence-electron chi connectivity index (χ4n) is 1.35. The molecule has 3 nitrogen and oxygen atoms in total. The quantitative estimate of drug-likeness (QED) is 0.751. The third kappa shape index (κ3) is 3.87. The van der Waals surface area contributed by atoms with E-state index >= 15 is 0 Å². The number of rotatable bonds is 5.